The van der Waals surface area contributed by atoms with Gasteiger partial charge in [0.25, 0.3) is 0 Å². The summed E-state index contributed by atoms with van der Waals surface area (Å²) in [7, 11) is -3.45. The quantitative estimate of drug-likeness (QED) is 0.362. The SMILES string of the molecule is CC(=O)N1CCN(c2ccc(S(C)(=O)=O)cc2N/N=C(\C#N)C(=N)N)CC1. The second kappa shape index (κ2) is 8.05. The third kappa shape index (κ3) is 4.95. The molecule has 0 bridgehead atoms. The summed E-state index contributed by atoms with van der Waals surface area (Å²) >= 11 is 0. The largest absolute Gasteiger partial charge is 0.382 e. The number of carbonyl (C=O) groups is 1. The van der Waals surface area contributed by atoms with E-state index in [1.165, 1.54) is 19.1 Å². The molecule has 0 atom stereocenters. The van der Waals surface area contributed by atoms with E-state index in [-0.39, 0.29) is 16.5 Å². The van der Waals surface area contributed by atoms with Gasteiger partial charge in [-0.3, -0.25) is 15.6 Å². The number of carbonyl (C=O) groups excluding carboxylic acids is 1. The second-order valence-corrected chi connectivity index (χ2v) is 8.06. The molecule has 0 unspecified atom stereocenters. The van der Waals surface area contributed by atoms with Crippen LogP contribution < -0.4 is 16.1 Å². The topological polar surface area (TPSA) is 156 Å². The van der Waals surface area contributed by atoms with Crippen LogP contribution in [-0.2, 0) is 14.6 Å². The molecule has 27 heavy (non-hydrogen) atoms. The van der Waals surface area contributed by atoms with Crippen molar-refractivity contribution in [2.45, 2.75) is 11.8 Å². The zero-order valence-corrected chi connectivity index (χ0v) is 15.9. The number of nitrogens with two attached hydrogens (primary N) is 1. The van der Waals surface area contributed by atoms with E-state index in [9.17, 15) is 13.2 Å². The molecule has 144 valence electrons. The van der Waals surface area contributed by atoms with Gasteiger partial charge in [0.05, 0.1) is 16.3 Å². The first kappa shape index (κ1) is 20.2. The summed E-state index contributed by atoms with van der Waals surface area (Å²) in [6.07, 6.45) is 1.09. The molecular weight excluding hydrogens is 370 g/mol. The van der Waals surface area contributed by atoms with E-state index in [0.29, 0.717) is 37.6 Å². The maximum absolute atomic E-state index is 11.9. The molecule has 1 heterocycles. The van der Waals surface area contributed by atoms with Gasteiger partial charge in [0.15, 0.2) is 15.7 Å². The number of rotatable bonds is 5. The molecule has 11 heteroatoms. The maximum Gasteiger partial charge on any atom is 0.219 e. The minimum atomic E-state index is -3.45. The highest BCUT2D eigenvalue weighted by molar-refractivity contribution is 7.90. The van der Waals surface area contributed by atoms with E-state index in [4.69, 9.17) is 16.4 Å². The zero-order valence-electron chi connectivity index (χ0n) is 15.1. The van der Waals surface area contributed by atoms with Crippen molar-refractivity contribution >= 4 is 38.7 Å². The minimum Gasteiger partial charge on any atom is -0.382 e. The number of hydrazone groups is 1. The molecule has 0 aromatic heterocycles. The number of piperazine rings is 1. The predicted molar refractivity (Wildman–Crippen MR) is 103 cm³/mol. The van der Waals surface area contributed by atoms with Crippen LogP contribution in [0.25, 0.3) is 0 Å². The van der Waals surface area contributed by atoms with Crippen molar-refractivity contribution in [1.29, 1.82) is 10.7 Å². The van der Waals surface area contributed by atoms with Crippen molar-refractivity contribution < 1.29 is 13.2 Å². The van der Waals surface area contributed by atoms with Crippen LogP contribution in [0, 0.1) is 16.7 Å². The summed E-state index contributed by atoms with van der Waals surface area (Å²) in [4.78, 5) is 15.3. The normalized spacial score (nSPS) is 15.2. The Bertz CT molecular complexity index is 926. The molecule has 0 spiro atoms. The van der Waals surface area contributed by atoms with Gasteiger partial charge in [0.1, 0.15) is 6.07 Å². The van der Waals surface area contributed by atoms with E-state index < -0.39 is 15.7 Å². The molecular formula is C16H21N7O3S. The molecule has 4 N–H and O–H groups in total. The van der Waals surface area contributed by atoms with Crippen molar-refractivity contribution in [2.75, 3.05) is 42.8 Å². The number of hydrogen-bond donors (Lipinski definition) is 3. The highest BCUT2D eigenvalue weighted by atomic mass is 32.2. The molecule has 1 aromatic carbocycles. The van der Waals surface area contributed by atoms with Crippen molar-refractivity contribution in [3.05, 3.63) is 18.2 Å². The molecule has 0 saturated carbocycles. The van der Waals surface area contributed by atoms with Gasteiger partial charge in [-0.2, -0.15) is 10.4 Å². The van der Waals surface area contributed by atoms with E-state index in [1.54, 1.807) is 17.0 Å². The van der Waals surface area contributed by atoms with E-state index in [1.807, 2.05) is 4.90 Å². The number of hydrogen-bond acceptors (Lipinski definition) is 8. The smallest absolute Gasteiger partial charge is 0.219 e. The first-order valence-corrected chi connectivity index (χ1v) is 9.95. The van der Waals surface area contributed by atoms with Crippen LogP contribution in [0.5, 0.6) is 0 Å². The van der Waals surface area contributed by atoms with Gasteiger partial charge in [-0.05, 0) is 18.2 Å². The Kier molecular flexibility index (Phi) is 6.02. The van der Waals surface area contributed by atoms with Crippen LogP contribution in [0.2, 0.25) is 0 Å². The van der Waals surface area contributed by atoms with Crippen molar-refractivity contribution in [1.82, 2.24) is 4.90 Å². The van der Waals surface area contributed by atoms with Gasteiger partial charge in [-0.1, -0.05) is 0 Å². The molecule has 1 saturated heterocycles. The predicted octanol–water partition coefficient (Wildman–Crippen LogP) is -0.0139. The van der Waals surface area contributed by atoms with Crippen molar-refractivity contribution in [2.24, 2.45) is 10.8 Å². The Morgan fingerprint density at radius 2 is 1.96 bits per heavy atom. The van der Waals surface area contributed by atoms with Gasteiger partial charge in [-0.25, -0.2) is 8.42 Å². The number of nitrogens with zero attached hydrogens (tertiary/aromatic N) is 4. The summed E-state index contributed by atoms with van der Waals surface area (Å²) in [5.41, 5.74) is 8.66. The highest BCUT2D eigenvalue weighted by Gasteiger charge is 2.22. The molecule has 2 rings (SSSR count). The van der Waals surface area contributed by atoms with E-state index in [2.05, 4.69) is 10.5 Å². The number of anilines is 2. The average Bonchev–Trinajstić information content (AvgIpc) is 2.61. The summed E-state index contributed by atoms with van der Waals surface area (Å²) in [6, 6.07) is 6.26. The third-order valence-electron chi connectivity index (χ3n) is 4.11. The molecule has 1 aliphatic rings. The lowest BCUT2D eigenvalue weighted by Gasteiger charge is -2.36. The maximum atomic E-state index is 11.9. The van der Waals surface area contributed by atoms with Crippen LogP contribution in [0.15, 0.2) is 28.2 Å². The van der Waals surface area contributed by atoms with E-state index in [0.717, 1.165) is 6.26 Å². The number of amides is 1. The fourth-order valence-electron chi connectivity index (χ4n) is 2.63. The van der Waals surface area contributed by atoms with Crippen molar-refractivity contribution in [3.63, 3.8) is 0 Å². The van der Waals surface area contributed by atoms with Crippen molar-refractivity contribution in [3.8, 4) is 6.07 Å². The fraction of sp³-hybridized carbons (Fsp3) is 0.375. The fourth-order valence-corrected chi connectivity index (χ4v) is 3.28. The lowest BCUT2D eigenvalue weighted by atomic mass is 10.2. The van der Waals surface area contributed by atoms with Crippen LogP contribution in [0.1, 0.15) is 6.92 Å². The van der Waals surface area contributed by atoms with Gasteiger partial charge in [0, 0.05) is 39.4 Å². The lowest BCUT2D eigenvalue weighted by Crippen LogP contribution is -2.48. The number of sulfone groups is 1. The standard InChI is InChI=1S/C16H21N7O3S/c1-11(24)22-5-7-23(8-6-22)15-4-3-12(27(2,25)26)9-13(15)20-21-14(10-17)16(18)19/h3-4,9,20H,5-8H2,1-2H3,(H3,18,19)/b21-14+. The molecule has 1 fully saturated rings. The summed E-state index contributed by atoms with van der Waals surface area (Å²) in [5, 5.41) is 20.1. The number of nitrogens with one attached hydrogen (secondary N) is 2. The van der Waals surface area contributed by atoms with Crippen LogP contribution in [0.3, 0.4) is 0 Å². The average molecular weight is 391 g/mol. The molecule has 0 aliphatic carbocycles. The lowest BCUT2D eigenvalue weighted by molar-refractivity contribution is -0.129. The first-order valence-electron chi connectivity index (χ1n) is 8.06. The number of amidine groups is 1. The first-order chi connectivity index (χ1) is 12.6. The van der Waals surface area contributed by atoms with Gasteiger partial charge < -0.3 is 15.5 Å². The second-order valence-electron chi connectivity index (χ2n) is 6.04. The van der Waals surface area contributed by atoms with E-state index >= 15 is 0 Å². The molecule has 0 radical (unpaired) electrons. The Labute approximate surface area is 157 Å². The molecule has 1 aliphatic heterocycles. The third-order valence-corrected chi connectivity index (χ3v) is 5.22. The Morgan fingerprint density at radius 1 is 1.33 bits per heavy atom. The summed E-state index contributed by atoms with van der Waals surface area (Å²) in [5.74, 6) is -0.494. The Hall–Kier alpha value is -3.13. The Morgan fingerprint density at radius 3 is 2.44 bits per heavy atom. The monoisotopic (exact) mass is 391 g/mol. The minimum absolute atomic E-state index is 0.00476. The highest BCUT2D eigenvalue weighted by Crippen LogP contribution is 2.30. The number of nitriles is 1. The summed E-state index contributed by atoms with van der Waals surface area (Å²) < 4.78 is 23.7. The Balaban J connectivity index is 2.38. The number of benzene rings is 1. The van der Waals surface area contributed by atoms with Gasteiger partial charge in [-0.15, -0.1) is 0 Å². The zero-order chi connectivity index (χ0) is 20.2. The van der Waals surface area contributed by atoms with Gasteiger partial charge >= 0.3 is 0 Å². The molecule has 10 nitrogen and oxygen atoms in total. The summed E-state index contributed by atoms with van der Waals surface area (Å²) in [6.45, 7) is 3.73. The van der Waals surface area contributed by atoms with Crippen LogP contribution >= 0.6 is 0 Å². The van der Waals surface area contributed by atoms with Gasteiger partial charge in [0.2, 0.25) is 11.6 Å². The molecule has 1 aromatic rings. The molecule has 1 amide bonds. The van der Waals surface area contributed by atoms with Crippen LogP contribution in [0.4, 0.5) is 11.4 Å². The van der Waals surface area contributed by atoms with Crippen LogP contribution in [-0.4, -0.2) is 63.2 Å².